The zero-order chi connectivity index (χ0) is 22.8. The maximum Gasteiger partial charge on any atom is 0.327 e. The van der Waals surface area contributed by atoms with E-state index in [9.17, 15) is 17.6 Å². The third-order valence-corrected chi connectivity index (χ3v) is 5.98. The average Bonchev–Trinajstić information content (AvgIpc) is 3.08. The lowest BCUT2D eigenvalue weighted by molar-refractivity contribution is -0.146. The molecule has 0 saturated heterocycles. The number of nitrogens with zero attached hydrogens (tertiary/aromatic N) is 1. The van der Waals surface area contributed by atoms with E-state index in [4.69, 9.17) is 15.6 Å². The molecule has 1 aromatic heterocycles. The van der Waals surface area contributed by atoms with Crippen molar-refractivity contribution >= 4 is 15.8 Å². The first kappa shape index (κ1) is 22.7. The molecule has 31 heavy (non-hydrogen) atoms. The first-order chi connectivity index (χ1) is 14.6. The van der Waals surface area contributed by atoms with Gasteiger partial charge in [0.1, 0.15) is 18.5 Å². The van der Waals surface area contributed by atoms with Crippen molar-refractivity contribution in [3.8, 4) is 16.9 Å². The highest BCUT2D eigenvalue weighted by atomic mass is 32.2. The van der Waals surface area contributed by atoms with Gasteiger partial charge in [-0.05, 0) is 48.9 Å². The number of ether oxygens (including phenoxy) is 1. The fourth-order valence-electron chi connectivity index (χ4n) is 3.34. The summed E-state index contributed by atoms with van der Waals surface area (Å²) in [6.07, 6.45) is 1.12. The molecule has 0 radical (unpaired) electrons. The molecule has 7 nitrogen and oxygen atoms in total. The van der Waals surface area contributed by atoms with Crippen LogP contribution in [0, 0.1) is 12.7 Å². The van der Waals surface area contributed by atoms with E-state index in [2.05, 4.69) is 0 Å². The van der Waals surface area contributed by atoms with Crippen LogP contribution in [-0.4, -0.2) is 43.5 Å². The standard InChI is InChI=1S/C22H23FN2O5S/c1-14-19(21(24)22(27)30-11-10-26)13-20(25(14)17-5-3-4-16(23)12-17)15-6-8-18(9-7-15)31(2,28)29/h3-9,12-13,21,26H,10-11,24H2,1-2H3. The van der Waals surface area contributed by atoms with E-state index in [1.54, 1.807) is 41.8 Å². The number of carbonyl (C=O) groups excluding carboxylic acids is 1. The molecule has 3 N–H and O–H groups in total. The van der Waals surface area contributed by atoms with E-state index in [0.717, 1.165) is 6.26 Å². The van der Waals surface area contributed by atoms with Gasteiger partial charge >= 0.3 is 5.97 Å². The van der Waals surface area contributed by atoms with Crippen LogP contribution in [0.2, 0.25) is 0 Å². The lowest BCUT2D eigenvalue weighted by Gasteiger charge is -2.14. The Morgan fingerprint density at radius 1 is 1.19 bits per heavy atom. The molecule has 0 aliphatic carbocycles. The highest BCUT2D eigenvalue weighted by Crippen LogP contribution is 2.33. The van der Waals surface area contributed by atoms with Gasteiger partial charge in [0.15, 0.2) is 9.84 Å². The van der Waals surface area contributed by atoms with Gasteiger partial charge in [-0.2, -0.15) is 0 Å². The molecule has 0 amide bonds. The molecule has 1 unspecified atom stereocenters. The number of hydrogen-bond donors (Lipinski definition) is 2. The molecule has 9 heteroatoms. The Labute approximate surface area is 179 Å². The summed E-state index contributed by atoms with van der Waals surface area (Å²) in [5.74, 6) is -1.13. The van der Waals surface area contributed by atoms with Crippen LogP contribution in [0.1, 0.15) is 17.3 Å². The summed E-state index contributed by atoms with van der Waals surface area (Å²) in [4.78, 5) is 12.4. The molecule has 1 heterocycles. The minimum atomic E-state index is -3.36. The number of halogens is 1. The van der Waals surface area contributed by atoms with E-state index >= 15 is 0 Å². The number of aliphatic hydroxyl groups is 1. The van der Waals surface area contributed by atoms with Crippen LogP contribution in [0.4, 0.5) is 4.39 Å². The zero-order valence-electron chi connectivity index (χ0n) is 17.1. The summed E-state index contributed by atoms with van der Waals surface area (Å²) in [6.45, 7) is 1.25. The fourth-order valence-corrected chi connectivity index (χ4v) is 3.97. The van der Waals surface area contributed by atoms with Gasteiger partial charge in [0.25, 0.3) is 0 Å². The van der Waals surface area contributed by atoms with Gasteiger partial charge in [-0.25, -0.2) is 17.6 Å². The third-order valence-electron chi connectivity index (χ3n) is 4.86. The highest BCUT2D eigenvalue weighted by Gasteiger charge is 2.25. The summed E-state index contributed by atoms with van der Waals surface area (Å²) in [5.41, 5.74) is 8.94. The minimum Gasteiger partial charge on any atom is -0.462 e. The molecular weight excluding hydrogens is 423 g/mol. The van der Waals surface area contributed by atoms with Gasteiger partial charge < -0.3 is 20.1 Å². The Kier molecular flexibility index (Phi) is 6.59. The summed E-state index contributed by atoms with van der Waals surface area (Å²) in [7, 11) is -3.36. The van der Waals surface area contributed by atoms with Gasteiger partial charge in [-0.1, -0.05) is 18.2 Å². The van der Waals surface area contributed by atoms with E-state index in [0.29, 0.717) is 28.2 Å². The Bertz CT molecular complexity index is 1200. The van der Waals surface area contributed by atoms with E-state index in [-0.39, 0.29) is 18.1 Å². The molecule has 0 saturated carbocycles. The number of benzene rings is 2. The zero-order valence-corrected chi connectivity index (χ0v) is 17.9. The Morgan fingerprint density at radius 3 is 2.45 bits per heavy atom. The molecule has 164 valence electrons. The van der Waals surface area contributed by atoms with E-state index < -0.39 is 27.7 Å². The van der Waals surface area contributed by atoms with Crippen molar-refractivity contribution in [2.45, 2.75) is 17.9 Å². The molecule has 0 aliphatic heterocycles. The SMILES string of the molecule is Cc1c(C(N)C(=O)OCCO)cc(-c2ccc(S(C)(=O)=O)cc2)n1-c1cccc(F)c1. The summed E-state index contributed by atoms with van der Waals surface area (Å²) >= 11 is 0. The lowest BCUT2D eigenvalue weighted by Crippen LogP contribution is -2.25. The van der Waals surface area contributed by atoms with Crippen LogP contribution >= 0.6 is 0 Å². The van der Waals surface area contributed by atoms with Crippen LogP contribution in [0.15, 0.2) is 59.5 Å². The maximum absolute atomic E-state index is 13.9. The first-order valence-corrected chi connectivity index (χ1v) is 11.3. The Hall–Kier alpha value is -3.01. The predicted molar refractivity (Wildman–Crippen MR) is 114 cm³/mol. The van der Waals surface area contributed by atoms with Crippen molar-refractivity contribution in [3.63, 3.8) is 0 Å². The van der Waals surface area contributed by atoms with E-state index in [1.165, 1.54) is 24.3 Å². The second kappa shape index (κ2) is 9.01. The van der Waals surface area contributed by atoms with Gasteiger partial charge in [0.2, 0.25) is 0 Å². The lowest BCUT2D eigenvalue weighted by atomic mass is 10.1. The monoisotopic (exact) mass is 446 g/mol. The van der Waals surface area contributed by atoms with Crippen molar-refractivity contribution in [1.82, 2.24) is 4.57 Å². The van der Waals surface area contributed by atoms with Crippen LogP contribution in [0.5, 0.6) is 0 Å². The van der Waals surface area contributed by atoms with Crippen LogP contribution in [0.25, 0.3) is 16.9 Å². The molecule has 0 bridgehead atoms. The number of esters is 1. The van der Waals surface area contributed by atoms with E-state index in [1.807, 2.05) is 0 Å². The number of aliphatic hydroxyl groups excluding tert-OH is 1. The largest absolute Gasteiger partial charge is 0.462 e. The summed E-state index contributed by atoms with van der Waals surface area (Å²) in [5, 5.41) is 8.87. The van der Waals surface area contributed by atoms with Gasteiger partial charge in [0, 0.05) is 23.2 Å². The Morgan fingerprint density at radius 2 is 1.87 bits per heavy atom. The molecular formula is C22H23FN2O5S. The molecule has 0 spiro atoms. The second-order valence-corrected chi connectivity index (χ2v) is 9.07. The fraction of sp³-hybridized carbons (Fsp3) is 0.227. The smallest absolute Gasteiger partial charge is 0.327 e. The molecule has 0 fully saturated rings. The average molecular weight is 447 g/mol. The molecule has 3 rings (SSSR count). The molecule has 2 aromatic carbocycles. The quantitative estimate of drug-likeness (QED) is 0.540. The molecule has 0 aliphatic rings. The second-order valence-electron chi connectivity index (χ2n) is 7.05. The predicted octanol–water partition coefficient (Wildman–Crippen LogP) is 2.53. The maximum atomic E-state index is 13.9. The van der Waals surface area contributed by atoms with Crippen molar-refractivity contribution in [3.05, 3.63) is 71.7 Å². The molecule has 1 atom stereocenters. The van der Waals surface area contributed by atoms with Gasteiger partial charge in [-0.15, -0.1) is 0 Å². The number of aromatic nitrogens is 1. The van der Waals surface area contributed by atoms with Crippen molar-refractivity contribution in [2.24, 2.45) is 5.73 Å². The van der Waals surface area contributed by atoms with Crippen LogP contribution in [-0.2, 0) is 19.4 Å². The third kappa shape index (κ3) is 4.84. The van der Waals surface area contributed by atoms with Crippen LogP contribution < -0.4 is 5.73 Å². The normalized spacial score (nSPS) is 12.5. The summed E-state index contributed by atoms with van der Waals surface area (Å²) in [6, 6.07) is 12.8. The number of hydrogen-bond acceptors (Lipinski definition) is 6. The van der Waals surface area contributed by atoms with Crippen molar-refractivity contribution in [1.29, 1.82) is 0 Å². The van der Waals surface area contributed by atoms with Crippen LogP contribution in [0.3, 0.4) is 0 Å². The van der Waals surface area contributed by atoms with Crippen molar-refractivity contribution in [2.75, 3.05) is 19.5 Å². The highest BCUT2D eigenvalue weighted by molar-refractivity contribution is 7.90. The topological polar surface area (TPSA) is 112 Å². The molecule has 3 aromatic rings. The van der Waals surface area contributed by atoms with Crippen molar-refractivity contribution < 1.29 is 27.4 Å². The van der Waals surface area contributed by atoms with Gasteiger partial charge in [0.05, 0.1) is 17.2 Å². The Balaban J connectivity index is 2.16. The number of rotatable bonds is 7. The summed E-state index contributed by atoms with van der Waals surface area (Å²) < 4.78 is 44.2. The first-order valence-electron chi connectivity index (χ1n) is 9.45. The number of sulfone groups is 1. The number of nitrogens with two attached hydrogens (primary N) is 1. The number of carbonyl (C=O) groups is 1. The van der Waals surface area contributed by atoms with Gasteiger partial charge in [-0.3, -0.25) is 0 Å². The minimum absolute atomic E-state index is 0.168.